The molecule has 2 amide bonds. The summed E-state index contributed by atoms with van der Waals surface area (Å²) in [6, 6.07) is 12.0. The number of likely N-dealkylation sites (tertiary alicyclic amines) is 1. The van der Waals surface area contributed by atoms with Crippen LogP contribution in [0.25, 0.3) is 11.0 Å². The average Bonchev–Trinajstić information content (AvgIpc) is 3.93. The van der Waals surface area contributed by atoms with Crippen molar-refractivity contribution in [3.63, 3.8) is 0 Å². The maximum absolute atomic E-state index is 14.5. The number of nitrogens with zero attached hydrogens (tertiary/aromatic N) is 3. The highest BCUT2D eigenvalue weighted by Gasteiger charge is 2.63. The van der Waals surface area contributed by atoms with Gasteiger partial charge in [-0.25, -0.2) is 12.8 Å². The molecule has 3 fully saturated rings. The predicted octanol–water partition coefficient (Wildman–Crippen LogP) is 7.76. The van der Waals surface area contributed by atoms with Crippen molar-refractivity contribution in [2.75, 3.05) is 6.54 Å². The molecule has 0 unspecified atom stereocenters. The highest BCUT2D eigenvalue weighted by Crippen LogP contribution is 2.59. The molecule has 4 atom stereocenters. The van der Waals surface area contributed by atoms with E-state index in [1.165, 1.54) is 18.6 Å². The number of sulfonamides is 1. The molecule has 54 heavy (non-hydrogen) atoms. The van der Waals surface area contributed by atoms with Crippen LogP contribution in [0, 0.1) is 24.1 Å². The van der Waals surface area contributed by atoms with E-state index in [1.54, 1.807) is 18.7 Å². The topological polar surface area (TPSA) is 128 Å². The molecule has 1 aromatic heterocycles. The van der Waals surface area contributed by atoms with E-state index in [1.807, 2.05) is 48.7 Å². The van der Waals surface area contributed by atoms with Crippen molar-refractivity contribution in [3.8, 4) is 6.01 Å². The number of amides is 2. The molecule has 1 N–H and O–H groups in total. The van der Waals surface area contributed by atoms with Gasteiger partial charge in [-0.2, -0.15) is 4.98 Å². The highest BCUT2D eigenvalue weighted by molar-refractivity contribution is 7.91. The zero-order valence-electron chi connectivity index (χ0n) is 32.5. The van der Waals surface area contributed by atoms with Gasteiger partial charge in [0.15, 0.2) is 5.78 Å². The molecule has 2 saturated carbocycles. The van der Waals surface area contributed by atoms with Gasteiger partial charge in [-0.3, -0.25) is 23.7 Å². The Morgan fingerprint density at radius 1 is 1.06 bits per heavy atom. The Morgan fingerprint density at radius 2 is 1.78 bits per heavy atom. The van der Waals surface area contributed by atoms with Crippen LogP contribution < -0.4 is 9.46 Å². The Balaban J connectivity index is 1.23. The van der Waals surface area contributed by atoms with Gasteiger partial charge in [0.05, 0.1) is 33.8 Å². The smallest absolute Gasteiger partial charge is 0.297 e. The van der Waals surface area contributed by atoms with E-state index in [0.29, 0.717) is 37.3 Å². The highest BCUT2D eigenvalue weighted by atomic mass is 32.2. The third-order valence-corrected chi connectivity index (χ3v) is 14.1. The Labute approximate surface area is 319 Å². The molecule has 0 radical (unpaired) electrons. The predicted molar refractivity (Wildman–Crippen MR) is 207 cm³/mol. The Kier molecular flexibility index (Phi) is 11.9. The summed E-state index contributed by atoms with van der Waals surface area (Å²) in [7, 11) is -3.90. The van der Waals surface area contributed by atoms with Crippen LogP contribution in [0.3, 0.4) is 0 Å². The summed E-state index contributed by atoms with van der Waals surface area (Å²) in [5.41, 5.74) is 2.00. The third-order valence-electron chi connectivity index (χ3n) is 11.9. The first-order valence-electron chi connectivity index (χ1n) is 19.9. The summed E-state index contributed by atoms with van der Waals surface area (Å²) in [6.45, 7) is 9.84. The number of nitrogens with one attached hydrogen (secondary N) is 1. The van der Waals surface area contributed by atoms with Crippen LogP contribution in [0.5, 0.6) is 6.01 Å². The van der Waals surface area contributed by atoms with Gasteiger partial charge in [-0.15, -0.1) is 0 Å². The largest absolute Gasteiger partial charge is 0.459 e. The van der Waals surface area contributed by atoms with Crippen LogP contribution in [0.1, 0.15) is 128 Å². The van der Waals surface area contributed by atoms with Crippen molar-refractivity contribution in [1.82, 2.24) is 19.2 Å². The zero-order chi connectivity index (χ0) is 38.8. The molecule has 2 aliphatic carbocycles. The van der Waals surface area contributed by atoms with E-state index in [-0.39, 0.29) is 55.3 Å². The molecule has 0 spiro atoms. The first kappa shape index (κ1) is 39.9. The number of carbonyl (C=O) groups excluding carboxylic acids is 3. The first-order chi connectivity index (χ1) is 25.7. The summed E-state index contributed by atoms with van der Waals surface area (Å²) >= 11 is 0. The Bertz CT molecular complexity index is 1950. The molecule has 294 valence electrons. The van der Waals surface area contributed by atoms with Gasteiger partial charge in [-0.05, 0) is 101 Å². The number of carbonyl (C=O) groups is 3. The minimum absolute atomic E-state index is 0.0321. The number of halogens is 1. The van der Waals surface area contributed by atoms with E-state index in [2.05, 4.69) is 11.6 Å². The van der Waals surface area contributed by atoms with Crippen molar-refractivity contribution in [2.45, 2.75) is 147 Å². The number of rotatable bonds is 19. The summed E-state index contributed by atoms with van der Waals surface area (Å²) in [6.07, 6.45) is 8.53. The first-order valence-corrected chi connectivity index (χ1v) is 21.4. The maximum Gasteiger partial charge on any atom is 0.297 e. The van der Waals surface area contributed by atoms with Gasteiger partial charge in [0.2, 0.25) is 21.8 Å². The van der Waals surface area contributed by atoms with Gasteiger partial charge in [0.1, 0.15) is 11.9 Å². The number of aromatic nitrogens is 2. The number of para-hydroxylation sites is 2. The molecule has 10 nitrogen and oxygen atoms in total. The number of aryl methyl sites for hydroxylation is 2. The molecule has 0 bridgehead atoms. The summed E-state index contributed by atoms with van der Waals surface area (Å²) in [5.74, 6) is -1.62. The fraction of sp³-hybridized carbons (Fsp3) is 0.619. The molecule has 3 aromatic rings. The zero-order valence-corrected chi connectivity index (χ0v) is 33.4. The summed E-state index contributed by atoms with van der Waals surface area (Å²) in [4.78, 5) is 48.8. The third kappa shape index (κ3) is 8.68. The SMILES string of the molecule is CCCCCCCC[C@@H]1C[C@]1(CC(=O)[C@@H]1C[C@@H](Oc2nc3ccccc3n2C(C)C)CN1C(=O)CCc1cc(C)cc(F)c1)C(=O)NS(=O)(=O)C1(C)CC1. The number of fused-ring (bicyclic) bond motifs is 1. The van der Waals surface area contributed by atoms with E-state index in [0.717, 1.165) is 55.1 Å². The number of Topliss-reactive ketones (excluding diaryl/α,β-unsaturated/α-hetero) is 1. The summed E-state index contributed by atoms with van der Waals surface area (Å²) < 4.78 is 50.6. The Morgan fingerprint density at radius 3 is 2.48 bits per heavy atom. The van der Waals surface area contributed by atoms with Crippen LogP contribution in [0.15, 0.2) is 42.5 Å². The van der Waals surface area contributed by atoms with E-state index in [4.69, 9.17) is 9.72 Å². The van der Waals surface area contributed by atoms with Crippen LogP contribution in [0.4, 0.5) is 4.39 Å². The van der Waals surface area contributed by atoms with Gasteiger partial charge in [0, 0.05) is 25.3 Å². The normalized spacial score (nSPS) is 23.2. The number of hydrogen-bond acceptors (Lipinski definition) is 7. The van der Waals surface area contributed by atoms with Gasteiger partial charge >= 0.3 is 0 Å². The van der Waals surface area contributed by atoms with E-state index in [9.17, 15) is 27.2 Å². The average molecular weight is 765 g/mol. The number of hydrogen-bond donors (Lipinski definition) is 1. The van der Waals surface area contributed by atoms with Crippen LogP contribution >= 0.6 is 0 Å². The second kappa shape index (κ2) is 16.1. The molecule has 12 heteroatoms. The van der Waals surface area contributed by atoms with Crippen molar-refractivity contribution in [2.24, 2.45) is 11.3 Å². The van der Waals surface area contributed by atoms with Crippen molar-refractivity contribution < 1.29 is 31.9 Å². The molecular weight excluding hydrogens is 708 g/mol. The molecule has 2 heterocycles. The minimum Gasteiger partial charge on any atom is -0.459 e. The fourth-order valence-corrected chi connectivity index (χ4v) is 9.63. The maximum atomic E-state index is 14.5. The van der Waals surface area contributed by atoms with Gasteiger partial charge in [-0.1, -0.05) is 63.6 Å². The molecule has 1 saturated heterocycles. The monoisotopic (exact) mass is 764 g/mol. The standard InChI is InChI=1S/C42H57FN4O6S/c1-6-7-8-9-10-11-14-31-25-42(31,39(50)45-54(51,52)41(5)19-20-41)26-37(48)36-24-33(53-40-44-34-15-12-13-16-35(34)47(40)28(2)3)27-46(36)38(49)18-17-30-21-29(4)22-32(43)23-30/h12-13,15-16,21-23,28,31,33,36H,6-11,14,17-20,24-27H2,1-5H3,(H,45,50)/t31-,33-,36+,42-/m1/s1. The summed E-state index contributed by atoms with van der Waals surface area (Å²) in [5, 5.41) is 0. The lowest BCUT2D eigenvalue weighted by molar-refractivity contribution is -0.139. The number of imidazole rings is 1. The quantitative estimate of drug-likeness (QED) is 0.124. The molecule has 2 aromatic carbocycles. The van der Waals surface area contributed by atoms with E-state index >= 15 is 0 Å². The van der Waals surface area contributed by atoms with Gasteiger partial charge in [0.25, 0.3) is 6.01 Å². The fourth-order valence-electron chi connectivity index (χ4n) is 8.29. The molecule has 3 aliphatic rings. The van der Waals surface area contributed by atoms with Crippen LogP contribution in [0.2, 0.25) is 0 Å². The number of ether oxygens (including phenoxy) is 1. The van der Waals surface area contributed by atoms with Crippen molar-refractivity contribution >= 4 is 38.7 Å². The molecule has 6 rings (SSSR count). The van der Waals surface area contributed by atoms with Crippen molar-refractivity contribution in [1.29, 1.82) is 0 Å². The number of unbranched alkanes of at least 4 members (excludes halogenated alkanes) is 5. The van der Waals surface area contributed by atoms with Gasteiger partial charge < -0.3 is 9.64 Å². The van der Waals surface area contributed by atoms with Crippen LogP contribution in [-0.2, 0) is 30.8 Å². The van der Waals surface area contributed by atoms with E-state index < -0.39 is 38.2 Å². The number of ketones is 1. The lowest BCUT2D eigenvalue weighted by atomic mass is 9.90. The second-order valence-corrected chi connectivity index (χ2v) is 18.9. The molecular formula is C42H57FN4O6S. The Hall–Kier alpha value is -3.80. The second-order valence-electron chi connectivity index (χ2n) is 16.7. The van der Waals surface area contributed by atoms with Crippen molar-refractivity contribution in [3.05, 3.63) is 59.4 Å². The number of benzene rings is 2. The lowest BCUT2D eigenvalue weighted by Gasteiger charge is -2.26. The minimum atomic E-state index is -3.90. The lowest BCUT2D eigenvalue weighted by Crippen LogP contribution is -2.46. The molecule has 1 aliphatic heterocycles. The van der Waals surface area contributed by atoms with Crippen LogP contribution in [-0.4, -0.2) is 63.9 Å².